The Kier molecular flexibility index (Phi) is 10.1. The first-order chi connectivity index (χ1) is 19.1. The average molecular weight is 565 g/mol. The largest absolute Gasteiger partial charge is 0.282 e. The molecule has 0 unspecified atom stereocenters. The second-order valence-electron chi connectivity index (χ2n) is 12.0. The summed E-state index contributed by atoms with van der Waals surface area (Å²) < 4.78 is 0. The molecule has 0 radical (unpaired) electrons. The minimum atomic E-state index is -0.692. The molecule has 0 aliphatic heterocycles. The summed E-state index contributed by atoms with van der Waals surface area (Å²) in [5.74, 6) is 2.43. The van der Waals surface area contributed by atoms with Crippen molar-refractivity contribution in [2.45, 2.75) is 41.5 Å². The first-order valence-electron chi connectivity index (χ1n) is 14.0. The molecule has 4 aromatic rings. The third-order valence-electron chi connectivity index (χ3n) is 6.76. The molecule has 0 heterocycles. The molecule has 1 N–H and O–H groups in total. The van der Waals surface area contributed by atoms with Gasteiger partial charge < -0.3 is 0 Å². The van der Waals surface area contributed by atoms with Gasteiger partial charge in [0.05, 0.1) is 0 Å². The highest BCUT2D eigenvalue weighted by Gasteiger charge is 2.26. The zero-order valence-electron chi connectivity index (χ0n) is 24.7. The van der Waals surface area contributed by atoms with Crippen molar-refractivity contribution in [2.24, 2.45) is 15.9 Å². The fourth-order valence-corrected chi connectivity index (χ4v) is 9.12. The van der Waals surface area contributed by atoms with Crippen LogP contribution in [0.5, 0.6) is 0 Å². The summed E-state index contributed by atoms with van der Waals surface area (Å²) in [6, 6.07) is 43.5. The van der Waals surface area contributed by atoms with Crippen molar-refractivity contribution in [2.75, 3.05) is 6.16 Å². The molecular weight excluding hydrogens is 522 g/mol. The summed E-state index contributed by atoms with van der Waals surface area (Å²) in [6.45, 7) is 13.6. The lowest BCUT2D eigenvalue weighted by Gasteiger charge is -2.29. The molecule has 40 heavy (non-hydrogen) atoms. The zero-order chi connectivity index (χ0) is 28.6. The van der Waals surface area contributed by atoms with E-state index in [0.29, 0.717) is 0 Å². The highest BCUT2D eigenvalue weighted by atomic mass is 31.1. The maximum absolute atomic E-state index is 5.22. The van der Waals surface area contributed by atoms with Gasteiger partial charge in [-0.05, 0) is 42.9 Å². The molecule has 0 saturated heterocycles. The van der Waals surface area contributed by atoms with E-state index in [0.717, 1.165) is 11.9 Å². The van der Waals surface area contributed by atoms with Gasteiger partial charge in [-0.15, -0.1) is 0 Å². The molecule has 0 saturated carbocycles. The van der Waals surface area contributed by atoms with E-state index in [2.05, 4.69) is 174 Å². The van der Waals surface area contributed by atoms with Gasteiger partial charge in [-0.25, -0.2) is 0 Å². The zero-order valence-corrected chi connectivity index (χ0v) is 26.5. The molecule has 0 fully saturated rings. The Morgan fingerprint density at radius 1 is 0.575 bits per heavy atom. The van der Waals surface area contributed by atoms with Crippen LogP contribution in [0.4, 0.5) is 0 Å². The molecule has 0 aliphatic rings. The number of benzene rings is 4. The van der Waals surface area contributed by atoms with E-state index < -0.39 is 15.8 Å². The van der Waals surface area contributed by atoms with E-state index >= 15 is 0 Å². The van der Waals surface area contributed by atoms with Crippen LogP contribution in [0.15, 0.2) is 138 Å². The number of allylic oxidation sites excluding steroid dienone is 1. The Morgan fingerprint density at radius 2 is 0.950 bits per heavy atom. The van der Waals surface area contributed by atoms with Crippen LogP contribution in [0.3, 0.4) is 0 Å². The predicted octanol–water partition coefficient (Wildman–Crippen LogP) is 8.13. The van der Waals surface area contributed by atoms with Crippen molar-refractivity contribution in [1.29, 1.82) is 0 Å². The van der Waals surface area contributed by atoms with Crippen LogP contribution in [0.25, 0.3) is 0 Å². The van der Waals surface area contributed by atoms with Crippen LogP contribution in [0, 0.1) is 10.8 Å². The first kappa shape index (κ1) is 29.9. The molecule has 0 atom stereocenters. The molecule has 4 heteroatoms. The summed E-state index contributed by atoms with van der Waals surface area (Å²) in [7, 11) is -1.28. The number of nitrogens with one attached hydrogen (secondary N) is 1. The second-order valence-corrected chi connectivity index (χ2v) is 16.2. The Morgan fingerprint density at radius 3 is 1.30 bits per heavy atom. The van der Waals surface area contributed by atoms with Gasteiger partial charge in [0.15, 0.2) is 0 Å². The lowest BCUT2D eigenvalue weighted by Crippen LogP contribution is -2.31. The second kappa shape index (κ2) is 13.5. The van der Waals surface area contributed by atoms with E-state index in [9.17, 15) is 0 Å². The van der Waals surface area contributed by atoms with Gasteiger partial charge in [0.25, 0.3) is 0 Å². The molecule has 0 amide bonds. The van der Waals surface area contributed by atoms with Gasteiger partial charge in [0.1, 0.15) is 0 Å². The third kappa shape index (κ3) is 8.23. The Balaban J connectivity index is 1.74. The lowest BCUT2D eigenvalue weighted by atomic mass is 9.91. The molecular formula is C36H42N2P2. The van der Waals surface area contributed by atoms with Crippen LogP contribution < -0.4 is 26.6 Å². The monoisotopic (exact) mass is 564 g/mol. The molecule has 2 nitrogen and oxygen atoms in total. The van der Waals surface area contributed by atoms with Gasteiger partial charge in [0.2, 0.25) is 0 Å². The van der Waals surface area contributed by atoms with E-state index in [1.807, 2.05) is 0 Å². The number of hydrogen-bond acceptors (Lipinski definition) is 2. The topological polar surface area (TPSA) is 24.4 Å². The fourth-order valence-electron chi connectivity index (χ4n) is 4.26. The maximum Gasteiger partial charge on any atom is 0.0484 e. The van der Waals surface area contributed by atoms with E-state index in [1.54, 1.807) is 0 Å². The van der Waals surface area contributed by atoms with Crippen molar-refractivity contribution < 1.29 is 0 Å². The van der Waals surface area contributed by atoms with E-state index in [1.165, 1.54) is 26.9 Å². The molecule has 0 spiro atoms. The summed E-state index contributed by atoms with van der Waals surface area (Å²) in [5, 5.41) is 10.6. The number of rotatable bonds is 9. The Hall–Kier alpha value is -3.05. The van der Waals surface area contributed by atoms with Crippen molar-refractivity contribution in [3.8, 4) is 0 Å². The van der Waals surface area contributed by atoms with Crippen molar-refractivity contribution >= 4 is 42.8 Å². The minimum Gasteiger partial charge on any atom is -0.282 e. The maximum atomic E-state index is 5.22. The summed E-state index contributed by atoms with van der Waals surface area (Å²) in [6.07, 6.45) is 0.906. The molecule has 0 bridgehead atoms. The Labute approximate surface area is 244 Å². The van der Waals surface area contributed by atoms with Crippen LogP contribution in [0.2, 0.25) is 0 Å². The highest BCUT2D eigenvalue weighted by Crippen LogP contribution is 2.40. The molecule has 4 rings (SSSR count). The van der Waals surface area contributed by atoms with E-state index in [-0.39, 0.29) is 10.8 Å². The summed E-state index contributed by atoms with van der Waals surface area (Å²) >= 11 is 0. The normalized spacial score (nSPS) is 13.1. The molecule has 0 aromatic heterocycles. The third-order valence-corrected chi connectivity index (χ3v) is 11.4. The van der Waals surface area contributed by atoms with Gasteiger partial charge >= 0.3 is 0 Å². The molecule has 4 aromatic carbocycles. The van der Waals surface area contributed by atoms with Crippen molar-refractivity contribution in [1.82, 2.24) is 5.43 Å². The quantitative estimate of drug-likeness (QED) is 0.124. The molecule has 206 valence electrons. The Bertz CT molecular complexity index is 1310. The van der Waals surface area contributed by atoms with Crippen LogP contribution in [0.1, 0.15) is 41.5 Å². The first-order valence-corrected chi connectivity index (χ1v) is 16.9. The SMILES string of the molecule is CC(C)(C)/C(=C/P(c1ccccc1)c1ccccc1)N/N=C(\CP(c1ccccc1)c1ccccc1)C(C)(C)C. The van der Waals surface area contributed by atoms with Crippen LogP contribution >= 0.6 is 15.8 Å². The predicted molar refractivity (Wildman–Crippen MR) is 181 cm³/mol. The number of hydrazone groups is 1. The van der Waals surface area contributed by atoms with Crippen molar-refractivity contribution in [3.63, 3.8) is 0 Å². The van der Waals surface area contributed by atoms with E-state index in [4.69, 9.17) is 5.10 Å². The van der Waals surface area contributed by atoms with Crippen LogP contribution in [-0.2, 0) is 0 Å². The minimum absolute atomic E-state index is 0.0796. The number of hydrogen-bond donors (Lipinski definition) is 1. The van der Waals surface area contributed by atoms with Gasteiger partial charge in [-0.3, -0.25) is 5.43 Å². The summed E-state index contributed by atoms with van der Waals surface area (Å²) in [4.78, 5) is 0. The lowest BCUT2D eigenvalue weighted by molar-refractivity contribution is 0.463. The highest BCUT2D eigenvalue weighted by molar-refractivity contribution is 7.75. The fraction of sp³-hybridized carbons (Fsp3) is 0.250. The van der Waals surface area contributed by atoms with Gasteiger partial charge in [-0.1, -0.05) is 163 Å². The van der Waals surface area contributed by atoms with Gasteiger partial charge in [0, 0.05) is 28.4 Å². The van der Waals surface area contributed by atoms with Crippen LogP contribution in [-0.4, -0.2) is 11.9 Å². The molecule has 0 aliphatic carbocycles. The average Bonchev–Trinajstić information content (AvgIpc) is 2.95. The van der Waals surface area contributed by atoms with Crippen molar-refractivity contribution in [3.05, 3.63) is 133 Å². The number of nitrogens with zero attached hydrogens (tertiary/aromatic N) is 1. The standard InChI is InChI=1S/C36H42N2P2/c1-35(2,3)33(27-39(29-19-11-7-12-20-29)30-21-13-8-14-22-30)37-38-34(36(4,5)6)28-40(31-23-15-9-16-24-31)32-25-17-10-18-26-32/h7-27,37H,28H2,1-6H3/b33-27-,38-34+. The smallest absolute Gasteiger partial charge is 0.0484 e. The van der Waals surface area contributed by atoms with Gasteiger partial charge in [-0.2, -0.15) is 5.10 Å². The summed E-state index contributed by atoms with van der Waals surface area (Å²) in [5.41, 5.74) is 5.78.